The maximum atomic E-state index is 6.08. The largest absolute Gasteiger partial charge is 0.493 e. The lowest BCUT2D eigenvalue weighted by molar-refractivity contribution is 0.284. The summed E-state index contributed by atoms with van der Waals surface area (Å²) in [4.78, 5) is 0. The minimum absolute atomic E-state index is 0.329. The maximum absolute atomic E-state index is 6.08. The Morgan fingerprint density at radius 1 is 0.929 bits per heavy atom. The van der Waals surface area contributed by atoms with E-state index < -0.39 is 0 Å². The molecule has 0 unspecified atom stereocenters. The van der Waals surface area contributed by atoms with Gasteiger partial charge in [-0.25, -0.2) is 0 Å². The van der Waals surface area contributed by atoms with Crippen LogP contribution in [0.5, 0.6) is 11.5 Å². The average molecular weight is 415 g/mol. The van der Waals surface area contributed by atoms with Gasteiger partial charge in [-0.15, -0.1) is 0 Å². The van der Waals surface area contributed by atoms with Crippen molar-refractivity contribution in [3.63, 3.8) is 0 Å². The van der Waals surface area contributed by atoms with E-state index in [9.17, 15) is 0 Å². The molecule has 0 radical (unpaired) electrons. The number of nitrogens with one attached hydrogen (secondary N) is 1. The van der Waals surface area contributed by atoms with Crippen molar-refractivity contribution in [3.05, 3.63) is 93.5 Å². The third-order valence-electron chi connectivity index (χ3n) is 4.02. The zero-order valence-corrected chi connectivity index (χ0v) is 16.9. The molecule has 0 saturated heterocycles. The smallest absolute Gasteiger partial charge is 0.170 e. The van der Waals surface area contributed by atoms with Crippen LogP contribution in [0.3, 0.4) is 0 Å². The fourth-order valence-corrected chi connectivity index (χ4v) is 2.90. The normalized spacial score (nSPS) is 10.8. The van der Waals surface area contributed by atoms with Crippen LogP contribution in [0.1, 0.15) is 16.7 Å². The van der Waals surface area contributed by atoms with Gasteiger partial charge in [-0.3, -0.25) is 0 Å². The minimum Gasteiger partial charge on any atom is -0.493 e. The first kappa shape index (κ1) is 20.1. The second kappa shape index (κ2) is 10.0. The van der Waals surface area contributed by atoms with E-state index in [-0.39, 0.29) is 0 Å². The molecule has 0 saturated carbocycles. The Kier molecular flexibility index (Phi) is 7.18. The van der Waals surface area contributed by atoms with Crippen molar-refractivity contribution in [2.24, 2.45) is 5.10 Å². The van der Waals surface area contributed by atoms with Crippen LogP contribution in [-0.4, -0.2) is 13.3 Å². The van der Waals surface area contributed by atoms with Crippen LogP contribution in [0.2, 0.25) is 10.0 Å². The molecular formula is C22H20Cl2N2O2. The highest BCUT2D eigenvalue weighted by molar-refractivity contribution is 6.42. The molecule has 4 nitrogen and oxygen atoms in total. The number of halogens is 2. The molecule has 0 aliphatic heterocycles. The number of hydrogen-bond acceptors (Lipinski definition) is 4. The van der Waals surface area contributed by atoms with Crippen molar-refractivity contribution in [2.45, 2.75) is 13.2 Å². The Hall–Kier alpha value is -2.69. The number of nitrogens with zero attached hydrogens (tertiary/aromatic N) is 1. The van der Waals surface area contributed by atoms with E-state index in [0.717, 1.165) is 16.7 Å². The summed E-state index contributed by atoms with van der Waals surface area (Å²) in [6, 6.07) is 21.1. The first-order valence-electron chi connectivity index (χ1n) is 8.71. The molecule has 144 valence electrons. The molecule has 0 amide bonds. The number of benzene rings is 3. The summed E-state index contributed by atoms with van der Waals surface area (Å²) in [6.45, 7) is 0.969. The third kappa shape index (κ3) is 5.41. The molecule has 0 atom stereocenters. The molecule has 3 aromatic carbocycles. The van der Waals surface area contributed by atoms with Crippen molar-refractivity contribution in [1.29, 1.82) is 0 Å². The molecule has 3 aromatic rings. The van der Waals surface area contributed by atoms with Crippen molar-refractivity contribution < 1.29 is 9.47 Å². The van der Waals surface area contributed by atoms with E-state index in [1.807, 2.05) is 54.6 Å². The van der Waals surface area contributed by atoms with Gasteiger partial charge in [0.05, 0.1) is 29.9 Å². The average Bonchev–Trinajstić information content (AvgIpc) is 2.73. The van der Waals surface area contributed by atoms with Gasteiger partial charge in [-0.05, 0) is 35.4 Å². The maximum Gasteiger partial charge on any atom is 0.170 e. The molecule has 6 heteroatoms. The second-order valence-corrected chi connectivity index (χ2v) is 6.81. The Labute approximate surface area is 174 Å². The van der Waals surface area contributed by atoms with Gasteiger partial charge in [-0.1, -0.05) is 65.7 Å². The summed E-state index contributed by atoms with van der Waals surface area (Å²) in [5.74, 6) is 1.24. The molecule has 0 bridgehead atoms. The monoisotopic (exact) mass is 414 g/mol. The van der Waals surface area contributed by atoms with Crippen molar-refractivity contribution in [3.8, 4) is 11.5 Å². The second-order valence-electron chi connectivity index (χ2n) is 5.99. The quantitative estimate of drug-likeness (QED) is 0.379. The Morgan fingerprint density at radius 2 is 1.75 bits per heavy atom. The zero-order valence-electron chi connectivity index (χ0n) is 15.4. The first-order valence-corrected chi connectivity index (χ1v) is 9.46. The highest BCUT2D eigenvalue weighted by atomic mass is 35.5. The topological polar surface area (TPSA) is 42.8 Å². The van der Waals surface area contributed by atoms with E-state index >= 15 is 0 Å². The van der Waals surface area contributed by atoms with Gasteiger partial charge in [0.2, 0.25) is 0 Å². The molecule has 0 fully saturated rings. The number of methoxy groups -OCH3 is 1. The zero-order chi connectivity index (χ0) is 19.8. The van der Waals surface area contributed by atoms with E-state index in [0.29, 0.717) is 34.7 Å². The van der Waals surface area contributed by atoms with Crippen LogP contribution >= 0.6 is 23.2 Å². The SMILES string of the molecule is COc1cccc(C=NNCc2ccccc2)c1OCc1ccc(Cl)c(Cl)c1. The predicted octanol–water partition coefficient (Wildman–Crippen LogP) is 5.70. The summed E-state index contributed by atoms with van der Waals surface area (Å²) in [6.07, 6.45) is 1.72. The molecule has 28 heavy (non-hydrogen) atoms. The lowest BCUT2D eigenvalue weighted by atomic mass is 10.2. The molecule has 3 rings (SSSR count). The highest BCUT2D eigenvalue weighted by Gasteiger charge is 2.10. The molecule has 0 heterocycles. The number of hydrogen-bond donors (Lipinski definition) is 1. The van der Waals surface area contributed by atoms with Gasteiger partial charge in [0.15, 0.2) is 11.5 Å². The van der Waals surface area contributed by atoms with Gasteiger partial charge < -0.3 is 14.9 Å². The van der Waals surface area contributed by atoms with Crippen molar-refractivity contribution in [1.82, 2.24) is 5.43 Å². The van der Waals surface area contributed by atoms with E-state index in [2.05, 4.69) is 10.5 Å². The molecule has 0 aliphatic carbocycles. The van der Waals surface area contributed by atoms with Crippen LogP contribution in [-0.2, 0) is 13.2 Å². The Morgan fingerprint density at radius 3 is 2.50 bits per heavy atom. The van der Waals surface area contributed by atoms with Crippen LogP contribution in [0.25, 0.3) is 0 Å². The van der Waals surface area contributed by atoms with Gasteiger partial charge in [0.1, 0.15) is 6.61 Å². The van der Waals surface area contributed by atoms with Crippen LogP contribution in [0.4, 0.5) is 0 Å². The van der Waals surface area contributed by atoms with E-state index in [1.54, 1.807) is 25.5 Å². The molecule has 0 spiro atoms. The number of ether oxygens (including phenoxy) is 2. The standard InChI is InChI=1S/C22H20Cl2N2O2/c1-27-21-9-5-8-18(14-26-25-13-16-6-3-2-4-7-16)22(21)28-15-17-10-11-19(23)20(24)12-17/h2-12,14,25H,13,15H2,1H3. The lowest BCUT2D eigenvalue weighted by Gasteiger charge is -2.13. The summed E-state index contributed by atoms with van der Waals surface area (Å²) < 4.78 is 11.4. The van der Waals surface area contributed by atoms with E-state index in [1.165, 1.54) is 0 Å². The molecule has 0 aromatic heterocycles. The van der Waals surface area contributed by atoms with Gasteiger partial charge >= 0.3 is 0 Å². The third-order valence-corrected chi connectivity index (χ3v) is 4.76. The lowest BCUT2D eigenvalue weighted by Crippen LogP contribution is -2.06. The van der Waals surface area contributed by atoms with Crippen molar-refractivity contribution in [2.75, 3.05) is 7.11 Å². The molecular weight excluding hydrogens is 395 g/mol. The predicted molar refractivity (Wildman–Crippen MR) is 115 cm³/mol. The number of hydrazone groups is 1. The van der Waals surface area contributed by atoms with Crippen LogP contribution in [0, 0.1) is 0 Å². The van der Waals surface area contributed by atoms with Gasteiger partial charge in [0.25, 0.3) is 0 Å². The summed E-state index contributed by atoms with van der Waals surface area (Å²) >= 11 is 12.0. The minimum atomic E-state index is 0.329. The fourth-order valence-electron chi connectivity index (χ4n) is 2.58. The van der Waals surface area contributed by atoms with Gasteiger partial charge in [0, 0.05) is 5.56 Å². The highest BCUT2D eigenvalue weighted by Crippen LogP contribution is 2.31. The van der Waals surface area contributed by atoms with Gasteiger partial charge in [-0.2, -0.15) is 5.10 Å². The molecule has 0 aliphatic rings. The fraction of sp³-hybridized carbons (Fsp3) is 0.136. The first-order chi connectivity index (χ1) is 13.7. The number of rotatable bonds is 8. The van der Waals surface area contributed by atoms with Crippen molar-refractivity contribution >= 4 is 29.4 Å². The summed E-state index contributed by atoms with van der Waals surface area (Å²) in [5, 5.41) is 5.31. The van der Waals surface area contributed by atoms with Crippen LogP contribution < -0.4 is 14.9 Å². The number of para-hydroxylation sites is 1. The molecule has 1 N–H and O–H groups in total. The Bertz CT molecular complexity index is 947. The summed E-state index contributed by atoms with van der Waals surface area (Å²) in [5.41, 5.74) is 5.91. The van der Waals surface area contributed by atoms with Crippen LogP contribution in [0.15, 0.2) is 71.8 Å². The Balaban J connectivity index is 1.70. The summed E-state index contributed by atoms with van der Waals surface area (Å²) in [7, 11) is 1.61. The van der Waals surface area contributed by atoms with E-state index in [4.69, 9.17) is 32.7 Å².